The lowest BCUT2D eigenvalue weighted by atomic mass is 9.96. The minimum absolute atomic E-state index is 0.127. The van der Waals surface area contributed by atoms with Gasteiger partial charge >= 0.3 is 0 Å². The summed E-state index contributed by atoms with van der Waals surface area (Å²) in [5, 5.41) is 17.5. The summed E-state index contributed by atoms with van der Waals surface area (Å²) in [6.07, 6.45) is 6.63. The molecular formula is C30H34N4O2. The molecule has 6 nitrogen and oxygen atoms in total. The zero-order valence-corrected chi connectivity index (χ0v) is 21.4. The molecule has 4 aromatic rings. The van der Waals surface area contributed by atoms with Crippen molar-refractivity contribution in [2.45, 2.75) is 59.1 Å². The number of hydrogen-bond acceptors (Lipinski definition) is 5. The first kappa shape index (κ1) is 25.3. The van der Waals surface area contributed by atoms with Gasteiger partial charge in [0.05, 0.1) is 23.4 Å². The number of hydrogen-bond donors (Lipinski definition) is 3. The molecule has 0 atom stereocenters. The Morgan fingerprint density at radius 3 is 2.42 bits per heavy atom. The van der Waals surface area contributed by atoms with Crippen molar-refractivity contribution in [3.05, 3.63) is 83.8 Å². The largest absolute Gasteiger partial charge is 0.392 e. The number of aryl methyl sites for hydroxylation is 1. The molecule has 0 saturated heterocycles. The second kappa shape index (κ2) is 10.9. The summed E-state index contributed by atoms with van der Waals surface area (Å²) in [4.78, 5) is 22.5. The molecule has 3 N–H and O–H groups in total. The zero-order valence-electron chi connectivity index (χ0n) is 21.4. The third-order valence-corrected chi connectivity index (χ3v) is 5.96. The minimum Gasteiger partial charge on any atom is -0.392 e. The van der Waals surface area contributed by atoms with Crippen LogP contribution in [0.5, 0.6) is 0 Å². The quantitative estimate of drug-likeness (QED) is 0.270. The number of amides is 1. The number of aliphatic hydroxyl groups excluding tert-OH is 1. The topological polar surface area (TPSA) is 87.1 Å². The highest BCUT2D eigenvalue weighted by molar-refractivity contribution is 6.09. The molecule has 0 unspecified atom stereocenters. The molecule has 2 aromatic heterocycles. The highest BCUT2D eigenvalue weighted by atomic mass is 16.3. The van der Waals surface area contributed by atoms with Gasteiger partial charge in [0.25, 0.3) is 5.91 Å². The summed E-state index contributed by atoms with van der Waals surface area (Å²) in [6.45, 7) is 7.89. The number of pyridine rings is 2. The van der Waals surface area contributed by atoms with E-state index in [0.717, 1.165) is 52.7 Å². The number of benzene rings is 2. The van der Waals surface area contributed by atoms with E-state index in [0.29, 0.717) is 16.8 Å². The highest BCUT2D eigenvalue weighted by Crippen LogP contribution is 2.35. The van der Waals surface area contributed by atoms with Crippen LogP contribution in [0.25, 0.3) is 22.0 Å². The Labute approximate surface area is 212 Å². The van der Waals surface area contributed by atoms with Crippen LogP contribution in [0.15, 0.2) is 67.0 Å². The van der Waals surface area contributed by atoms with Gasteiger partial charge in [-0.05, 0) is 75.1 Å². The van der Waals surface area contributed by atoms with Gasteiger partial charge in [0.1, 0.15) is 0 Å². The van der Waals surface area contributed by atoms with Crippen molar-refractivity contribution in [1.29, 1.82) is 0 Å². The Hall–Kier alpha value is -3.77. The molecule has 0 bridgehead atoms. The maximum Gasteiger partial charge on any atom is 0.255 e. The number of aromatic nitrogens is 2. The van der Waals surface area contributed by atoms with Crippen molar-refractivity contribution in [1.82, 2.24) is 15.3 Å². The van der Waals surface area contributed by atoms with Crippen LogP contribution >= 0.6 is 0 Å². The predicted octanol–water partition coefficient (Wildman–Crippen LogP) is 6.40. The van der Waals surface area contributed by atoms with E-state index in [-0.39, 0.29) is 12.5 Å². The van der Waals surface area contributed by atoms with E-state index in [2.05, 4.69) is 27.5 Å². The maximum absolute atomic E-state index is 13.3. The number of carbonyl (C=O) groups is 1. The van der Waals surface area contributed by atoms with Crippen LogP contribution in [0, 0.1) is 0 Å². The fourth-order valence-corrected chi connectivity index (χ4v) is 4.15. The summed E-state index contributed by atoms with van der Waals surface area (Å²) < 4.78 is 0. The van der Waals surface area contributed by atoms with Crippen LogP contribution in [-0.4, -0.2) is 26.5 Å². The average molecular weight is 483 g/mol. The first-order valence-electron chi connectivity index (χ1n) is 12.5. The number of aliphatic hydroxyl groups is 1. The van der Waals surface area contributed by atoms with Crippen molar-refractivity contribution in [2.24, 2.45) is 0 Å². The van der Waals surface area contributed by atoms with Crippen LogP contribution in [0.4, 0.5) is 11.4 Å². The average Bonchev–Trinajstić information content (AvgIpc) is 2.86. The number of para-hydroxylation sites is 1. The predicted molar refractivity (Wildman–Crippen MR) is 146 cm³/mol. The van der Waals surface area contributed by atoms with Gasteiger partial charge in [-0.15, -0.1) is 0 Å². The number of carbonyl (C=O) groups excluding carboxylic acids is 1. The lowest BCUT2D eigenvalue weighted by Crippen LogP contribution is -2.40. The van der Waals surface area contributed by atoms with E-state index in [1.165, 1.54) is 0 Å². The molecule has 2 aromatic carbocycles. The van der Waals surface area contributed by atoms with Crippen LogP contribution in [-0.2, 0) is 13.0 Å². The van der Waals surface area contributed by atoms with Gasteiger partial charge in [0.15, 0.2) is 0 Å². The highest BCUT2D eigenvalue weighted by Gasteiger charge is 2.21. The van der Waals surface area contributed by atoms with E-state index < -0.39 is 5.54 Å². The van der Waals surface area contributed by atoms with Crippen LogP contribution < -0.4 is 10.6 Å². The molecule has 2 heterocycles. The number of rotatable bonds is 8. The second-order valence-electron chi connectivity index (χ2n) is 10.1. The lowest BCUT2D eigenvalue weighted by Gasteiger charge is -2.22. The molecule has 0 radical (unpaired) electrons. The van der Waals surface area contributed by atoms with Gasteiger partial charge in [-0.25, -0.2) is 0 Å². The Bertz CT molecular complexity index is 1340. The molecule has 0 fully saturated rings. The monoisotopic (exact) mass is 482 g/mol. The number of nitrogens with one attached hydrogen (secondary N) is 2. The van der Waals surface area contributed by atoms with Crippen molar-refractivity contribution < 1.29 is 9.90 Å². The van der Waals surface area contributed by atoms with Gasteiger partial charge in [0.2, 0.25) is 0 Å². The lowest BCUT2D eigenvalue weighted by molar-refractivity contribution is 0.0920. The molecular weight excluding hydrogens is 448 g/mol. The number of nitrogens with zero attached hydrogens (tertiary/aromatic N) is 2. The minimum atomic E-state index is -0.396. The second-order valence-corrected chi connectivity index (χ2v) is 10.1. The van der Waals surface area contributed by atoms with Crippen LogP contribution in [0.2, 0.25) is 0 Å². The third-order valence-electron chi connectivity index (χ3n) is 5.96. The number of anilines is 2. The fourth-order valence-electron chi connectivity index (χ4n) is 4.15. The van der Waals surface area contributed by atoms with Gasteiger partial charge in [-0.3, -0.25) is 14.8 Å². The number of fused-ring (bicyclic) bond motifs is 1. The molecule has 0 aliphatic rings. The van der Waals surface area contributed by atoms with E-state index in [1.54, 1.807) is 6.20 Å². The van der Waals surface area contributed by atoms with E-state index >= 15 is 0 Å². The number of unbranched alkanes of at least 4 members (excludes halogenated alkanes) is 1. The third kappa shape index (κ3) is 5.89. The summed E-state index contributed by atoms with van der Waals surface area (Å²) in [5.74, 6) is -0.204. The normalized spacial score (nSPS) is 11.5. The summed E-state index contributed by atoms with van der Waals surface area (Å²) in [6, 6.07) is 17.7. The van der Waals surface area contributed by atoms with Crippen molar-refractivity contribution in [3.8, 4) is 11.1 Å². The van der Waals surface area contributed by atoms with Crippen molar-refractivity contribution >= 4 is 28.2 Å². The molecule has 186 valence electrons. The van der Waals surface area contributed by atoms with Crippen molar-refractivity contribution in [2.75, 3.05) is 5.32 Å². The first-order valence-corrected chi connectivity index (χ1v) is 12.5. The Balaban J connectivity index is 1.87. The molecule has 1 amide bonds. The molecule has 36 heavy (non-hydrogen) atoms. The smallest absolute Gasteiger partial charge is 0.255 e. The van der Waals surface area contributed by atoms with Crippen LogP contribution in [0.3, 0.4) is 0 Å². The molecule has 4 rings (SSSR count). The van der Waals surface area contributed by atoms with Gasteiger partial charge < -0.3 is 15.7 Å². The van der Waals surface area contributed by atoms with Gasteiger partial charge in [-0.1, -0.05) is 37.6 Å². The summed E-state index contributed by atoms with van der Waals surface area (Å²) in [5.41, 5.74) is 5.89. The zero-order chi connectivity index (χ0) is 25.7. The molecule has 0 spiro atoms. The first-order chi connectivity index (χ1) is 17.3. The molecule has 0 aliphatic heterocycles. The van der Waals surface area contributed by atoms with Gasteiger partial charge in [-0.2, -0.15) is 0 Å². The Kier molecular flexibility index (Phi) is 7.65. The summed E-state index contributed by atoms with van der Waals surface area (Å²) >= 11 is 0. The Morgan fingerprint density at radius 2 is 1.78 bits per heavy atom. The van der Waals surface area contributed by atoms with E-state index in [4.69, 9.17) is 0 Å². The molecule has 0 aliphatic carbocycles. The van der Waals surface area contributed by atoms with E-state index in [1.807, 2.05) is 81.6 Å². The fraction of sp³-hybridized carbons (Fsp3) is 0.300. The van der Waals surface area contributed by atoms with Crippen LogP contribution in [0.1, 0.15) is 62.2 Å². The molecule has 0 saturated carbocycles. The summed E-state index contributed by atoms with van der Waals surface area (Å²) in [7, 11) is 0. The molecule has 6 heteroatoms. The maximum atomic E-state index is 13.3. The standard InChI is InChI=1S/C30H34N4O2/c1-5-6-10-22-14-13-20(17-31-22)24-16-25-27(15-21(24)19-35)32-18-26(29(36)34-30(2,3)4)28(25)33-23-11-8-7-9-12-23/h7-9,11-18,35H,5-6,10,19H2,1-4H3,(H,32,33)(H,34,36). The van der Waals surface area contributed by atoms with Crippen molar-refractivity contribution in [3.63, 3.8) is 0 Å². The SMILES string of the molecule is CCCCc1ccc(-c2cc3c(Nc4ccccc4)c(C(=O)NC(C)(C)C)cnc3cc2CO)cn1. The van der Waals surface area contributed by atoms with Gasteiger partial charge in [0, 0.05) is 40.3 Å². The van der Waals surface area contributed by atoms with E-state index in [9.17, 15) is 9.90 Å². The Morgan fingerprint density at radius 1 is 1.00 bits per heavy atom.